The van der Waals surface area contributed by atoms with Gasteiger partial charge >= 0.3 is 12.1 Å². The molecular formula is C38H39F3N4O3S. The van der Waals surface area contributed by atoms with Crippen molar-refractivity contribution in [1.82, 2.24) is 19.9 Å². The average Bonchev–Trinajstić information content (AvgIpc) is 3.69. The SMILES string of the molecule is Cc1cnc(COc2ccc3[nH]c(C(Cc4ccc(-c5ccc(C(F)(F)F)cn5)cc4)C4(C(=O)O)CCCC4)c(SC(C)(C)C)c3c2)cn1. The van der Waals surface area contributed by atoms with Crippen LogP contribution >= 0.6 is 11.8 Å². The molecule has 0 amide bonds. The van der Waals surface area contributed by atoms with Gasteiger partial charge in [-0.25, -0.2) is 0 Å². The number of carbonyl (C=O) groups is 1. The minimum absolute atomic E-state index is 0.175. The zero-order chi connectivity index (χ0) is 35.0. The van der Waals surface area contributed by atoms with E-state index >= 15 is 0 Å². The number of alkyl halides is 3. The molecular weight excluding hydrogens is 650 g/mol. The second-order valence-electron chi connectivity index (χ2n) is 13.8. The molecule has 2 aromatic carbocycles. The van der Waals surface area contributed by atoms with E-state index in [-0.39, 0.29) is 17.3 Å². The Kier molecular flexibility index (Phi) is 9.50. The second kappa shape index (κ2) is 13.5. The Hall–Kier alpha value is -4.38. The van der Waals surface area contributed by atoms with Crippen molar-refractivity contribution in [1.29, 1.82) is 0 Å². The molecule has 1 atom stereocenters. The second-order valence-corrected chi connectivity index (χ2v) is 15.6. The average molecular weight is 689 g/mol. The number of ether oxygens (including phenoxy) is 1. The van der Waals surface area contributed by atoms with Crippen LogP contribution in [0.1, 0.15) is 80.6 Å². The number of aromatic amines is 1. The fraction of sp³-hybridized carbons (Fsp3) is 0.368. The van der Waals surface area contributed by atoms with Crippen molar-refractivity contribution in [2.75, 3.05) is 0 Å². The molecule has 1 aliphatic carbocycles. The molecule has 3 aromatic heterocycles. The van der Waals surface area contributed by atoms with E-state index in [1.165, 1.54) is 6.07 Å². The summed E-state index contributed by atoms with van der Waals surface area (Å²) < 4.78 is 45.2. The summed E-state index contributed by atoms with van der Waals surface area (Å²) in [5.74, 6) is -0.491. The lowest BCUT2D eigenvalue weighted by atomic mass is 9.69. The predicted molar refractivity (Wildman–Crippen MR) is 185 cm³/mol. The highest BCUT2D eigenvalue weighted by molar-refractivity contribution is 8.00. The number of rotatable bonds is 10. The van der Waals surface area contributed by atoms with Gasteiger partial charge in [0.05, 0.1) is 34.3 Å². The molecule has 256 valence electrons. The van der Waals surface area contributed by atoms with Gasteiger partial charge in [0.25, 0.3) is 0 Å². The fourth-order valence-electron chi connectivity index (χ4n) is 6.64. The van der Waals surface area contributed by atoms with Crippen molar-refractivity contribution in [2.24, 2.45) is 5.41 Å². The number of benzene rings is 2. The predicted octanol–water partition coefficient (Wildman–Crippen LogP) is 9.79. The molecule has 2 N–H and O–H groups in total. The Morgan fingerprint density at radius 2 is 1.71 bits per heavy atom. The molecule has 0 spiro atoms. The number of aryl methyl sites for hydroxylation is 1. The monoisotopic (exact) mass is 688 g/mol. The lowest BCUT2D eigenvalue weighted by Gasteiger charge is -2.35. The van der Waals surface area contributed by atoms with Gasteiger partial charge in [0.1, 0.15) is 12.4 Å². The molecule has 0 saturated heterocycles. The highest BCUT2D eigenvalue weighted by Crippen LogP contribution is 2.54. The Balaban J connectivity index is 1.38. The normalized spacial score (nSPS) is 15.4. The Morgan fingerprint density at radius 3 is 2.31 bits per heavy atom. The number of hydrogen-bond donors (Lipinski definition) is 2. The zero-order valence-electron chi connectivity index (χ0n) is 27.9. The third kappa shape index (κ3) is 7.61. The number of hydrogen-bond acceptors (Lipinski definition) is 6. The number of aromatic nitrogens is 4. The third-order valence-electron chi connectivity index (χ3n) is 9.10. The zero-order valence-corrected chi connectivity index (χ0v) is 28.7. The minimum Gasteiger partial charge on any atom is -0.487 e. The van der Waals surface area contributed by atoms with E-state index in [0.717, 1.165) is 63.5 Å². The fourth-order valence-corrected chi connectivity index (χ4v) is 7.83. The Morgan fingerprint density at radius 1 is 0.980 bits per heavy atom. The highest BCUT2D eigenvalue weighted by Gasteiger charge is 2.50. The van der Waals surface area contributed by atoms with Gasteiger partial charge < -0.3 is 14.8 Å². The van der Waals surface area contributed by atoms with Gasteiger partial charge in [0.2, 0.25) is 0 Å². The molecule has 1 aliphatic rings. The summed E-state index contributed by atoms with van der Waals surface area (Å²) in [5.41, 5.74) is 3.62. The quantitative estimate of drug-likeness (QED) is 0.141. The van der Waals surface area contributed by atoms with Crippen LogP contribution in [-0.4, -0.2) is 35.8 Å². The lowest BCUT2D eigenvalue weighted by molar-refractivity contribution is -0.150. The van der Waals surface area contributed by atoms with E-state index in [0.29, 0.717) is 36.3 Å². The standard InChI is InChI=1S/C38H39F3N4O3S/c1-23-19-43-27(21-42-23)22-48-28-12-14-32-29(18-28)34(49-36(2,3)4)33(45-32)30(37(35(46)47)15-5-6-16-37)17-24-7-9-25(10-8-24)31-13-11-26(20-44-31)38(39,40)41/h7-14,18-21,30,45H,5-6,15-17,22H2,1-4H3,(H,46,47). The van der Waals surface area contributed by atoms with Crippen LogP contribution in [0.5, 0.6) is 5.75 Å². The van der Waals surface area contributed by atoms with Crippen LogP contribution in [0.4, 0.5) is 13.2 Å². The molecule has 7 nitrogen and oxygen atoms in total. The van der Waals surface area contributed by atoms with Gasteiger partial charge in [0, 0.05) is 50.1 Å². The maximum atomic E-state index is 13.2. The Bertz CT molecular complexity index is 1930. The molecule has 49 heavy (non-hydrogen) atoms. The largest absolute Gasteiger partial charge is 0.487 e. The first-order valence-electron chi connectivity index (χ1n) is 16.3. The van der Waals surface area contributed by atoms with Crippen molar-refractivity contribution in [3.63, 3.8) is 0 Å². The first-order valence-corrected chi connectivity index (χ1v) is 17.1. The molecule has 1 unspecified atom stereocenters. The van der Waals surface area contributed by atoms with Gasteiger partial charge in [-0.1, -0.05) is 57.9 Å². The van der Waals surface area contributed by atoms with Gasteiger partial charge in [0.15, 0.2) is 0 Å². The van der Waals surface area contributed by atoms with Gasteiger partial charge in [-0.05, 0) is 62.1 Å². The molecule has 1 fully saturated rings. The number of fused-ring (bicyclic) bond motifs is 1. The first-order chi connectivity index (χ1) is 23.2. The van der Waals surface area contributed by atoms with Crippen LogP contribution in [-0.2, 0) is 24.0 Å². The molecule has 6 rings (SSSR count). The number of carboxylic acids is 1. The molecule has 11 heteroatoms. The lowest BCUT2D eigenvalue weighted by Crippen LogP contribution is -2.36. The van der Waals surface area contributed by atoms with Crippen molar-refractivity contribution in [3.8, 4) is 17.0 Å². The number of nitrogens with zero attached hydrogens (tertiary/aromatic N) is 3. The summed E-state index contributed by atoms with van der Waals surface area (Å²) in [7, 11) is 0. The van der Waals surface area contributed by atoms with E-state index < -0.39 is 23.1 Å². The van der Waals surface area contributed by atoms with Crippen LogP contribution in [0.15, 0.2) is 78.1 Å². The maximum Gasteiger partial charge on any atom is 0.417 e. The number of aliphatic carboxylic acids is 1. The molecule has 0 aliphatic heterocycles. The van der Waals surface area contributed by atoms with E-state index in [1.807, 2.05) is 49.4 Å². The number of halogens is 3. The summed E-state index contributed by atoms with van der Waals surface area (Å²) in [4.78, 5) is 30.6. The topological polar surface area (TPSA) is 101 Å². The van der Waals surface area contributed by atoms with E-state index in [4.69, 9.17) is 4.74 Å². The summed E-state index contributed by atoms with van der Waals surface area (Å²) in [6.45, 7) is 8.57. The first kappa shape index (κ1) is 34.5. The molecule has 3 heterocycles. The molecule has 0 radical (unpaired) electrons. The van der Waals surface area contributed by atoms with Crippen molar-refractivity contribution < 1.29 is 27.8 Å². The van der Waals surface area contributed by atoms with Crippen LogP contribution in [0.25, 0.3) is 22.2 Å². The van der Waals surface area contributed by atoms with Crippen LogP contribution in [0.2, 0.25) is 0 Å². The molecule has 5 aromatic rings. The van der Waals surface area contributed by atoms with E-state index in [2.05, 4.69) is 40.7 Å². The van der Waals surface area contributed by atoms with Crippen molar-refractivity contribution in [3.05, 3.63) is 101 Å². The minimum atomic E-state index is -4.46. The van der Waals surface area contributed by atoms with Gasteiger partial charge in [-0.15, -0.1) is 11.8 Å². The van der Waals surface area contributed by atoms with Crippen molar-refractivity contribution >= 4 is 28.6 Å². The summed E-state index contributed by atoms with van der Waals surface area (Å²) in [6, 6.07) is 15.8. The van der Waals surface area contributed by atoms with Gasteiger partial charge in [-0.3, -0.25) is 19.7 Å². The molecule has 0 bridgehead atoms. The number of pyridine rings is 1. The third-order valence-corrected chi connectivity index (χ3v) is 10.4. The Labute approximate surface area is 287 Å². The summed E-state index contributed by atoms with van der Waals surface area (Å²) in [6.07, 6.45) is 3.07. The summed E-state index contributed by atoms with van der Waals surface area (Å²) in [5, 5.41) is 11.8. The van der Waals surface area contributed by atoms with Crippen LogP contribution < -0.4 is 4.74 Å². The van der Waals surface area contributed by atoms with Crippen molar-refractivity contribution in [2.45, 2.75) is 88.1 Å². The number of H-pyrrole nitrogens is 1. The van der Waals surface area contributed by atoms with Gasteiger partial charge in [-0.2, -0.15) is 13.2 Å². The number of carboxylic acid groups (broad SMARTS) is 1. The van der Waals surface area contributed by atoms with Crippen LogP contribution in [0, 0.1) is 12.3 Å². The van der Waals surface area contributed by atoms with E-state index in [9.17, 15) is 23.1 Å². The number of thioether (sulfide) groups is 1. The molecule has 1 saturated carbocycles. The smallest absolute Gasteiger partial charge is 0.417 e. The maximum absolute atomic E-state index is 13.2. The van der Waals surface area contributed by atoms with E-state index in [1.54, 1.807) is 24.2 Å². The summed E-state index contributed by atoms with van der Waals surface area (Å²) >= 11 is 1.71. The highest BCUT2D eigenvalue weighted by atomic mass is 32.2. The number of nitrogens with one attached hydrogen (secondary N) is 1. The van der Waals surface area contributed by atoms with Crippen LogP contribution in [0.3, 0.4) is 0 Å².